The number of rotatable bonds is 6. The first kappa shape index (κ1) is 23.4. The number of amides is 2. The normalized spacial score (nSPS) is 14.3. The lowest BCUT2D eigenvalue weighted by Crippen LogP contribution is -2.28. The Bertz CT molecular complexity index is 1240. The first-order valence-corrected chi connectivity index (χ1v) is 10.7. The van der Waals surface area contributed by atoms with Crippen molar-refractivity contribution in [3.8, 4) is 5.75 Å². The number of anilines is 1. The number of methoxy groups -OCH3 is 1. The molecule has 0 spiro atoms. The minimum atomic E-state index is -0.731. The molecular formula is C24H20ClF2N3O4. The van der Waals surface area contributed by atoms with Gasteiger partial charge >= 0.3 is 6.09 Å². The van der Waals surface area contributed by atoms with Gasteiger partial charge in [-0.15, -0.1) is 0 Å². The molecule has 0 saturated carbocycles. The van der Waals surface area contributed by atoms with Gasteiger partial charge in [-0.2, -0.15) is 0 Å². The molecule has 2 amide bonds. The zero-order valence-electron chi connectivity index (χ0n) is 18.0. The number of nitrogens with zero attached hydrogens (tertiary/aromatic N) is 1. The number of halogens is 3. The van der Waals surface area contributed by atoms with Crippen LogP contribution < -0.4 is 15.4 Å². The van der Waals surface area contributed by atoms with E-state index in [0.29, 0.717) is 35.5 Å². The van der Waals surface area contributed by atoms with Crippen LogP contribution in [0, 0.1) is 11.6 Å². The maximum Gasteiger partial charge on any atom is 0.408 e. The van der Waals surface area contributed by atoms with E-state index in [-0.39, 0.29) is 22.8 Å². The van der Waals surface area contributed by atoms with Crippen LogP contribution in [-0.2, 0) is 17.8 Å². The molecule has 4 rings (SSSR count). The SMILES string of the molecule is COc1ccc(COC(=O)N[C@H]2CCc3c(C(=O)Nc4ccc(F)c(Cl)c4)ccc(F)c32)nc1. The number of ether oxygens (including phenoxy) is 2. The van der Waals surface area contributed by atoms with Crippen LogP contribution in [-0.4, -0.2) is 24.1 Å². The lowest BCUT2D eigenvalue weighted by Gasteiger charge is -2.16. The highest BCUT2D eigenvalue weighted by Crippen LogP contribution is 2.36. The van der Waals surface area contributed by atoms with Crippen molar-refractivity contribution < 1.29 is 27.8 Å². The molecule has 2 N–H and O–H groups in total. The van der Waals surface area contributed by atoms with Crippen LogP contribution in [0.25, 0.3) is 0 Å². The van der Waals surface area contributed by atoms with Gasteiger partial charge in [-0.25, -0.2) is 13.6 Å². The predicted octanol–water partition coefficient (Wildman–Crippen LogP) is 5.19. The lowest BCUT2D eigenvalue weighted by atomic mass is 10.0. The van der Waals surface area contributed by atoms with E-state index in [2.05, 4.69) is 15.6 Å². The van der Waals surface area contributed by atoms with Crippen LogP contribution in [0.4, 0.5) is 19.3 Å². The molecular weight excluding hydrogens is 468 g/mol. The van der Waals surface area contributed by atoms with Crippen molar-refractivity contribution in [2.75, 3.05) is 12.4 Å². The van der Waals surface area contributed by atoms with E-state index in [1.165, 1.54) is 37.6 Å². The predicted molar refractivity (Wildman–Crippen MR) is 121 cm³/mol. The van der Waals surface area contributed by atoms with Crippen molar-refractivity contribution in [2.24, 2.45) is 0 Å². The number of benzene rings is 2. The van der Waals surface area contributed by atoms with Gasteiger partial charge in [-0.05, 0) is 60.9 Å². The molecule has 3 aromatic rings. The van der Waals surface area contributed by atoms with Gasteiger partial charge in [0.15, 0.2) is 0 Å². The molecule has 0 saturated heterocycles. The number of fused-ring (bicyclic) bond motifs is 1. The van der Waals surface area contributed by atoms with Gasteiger partial charge < -0.3 is 20.1 Å². The number of hydrogen-bond donors (Lipinski definition) is 2. The summed E-state index contributed by atoms with van der Waals surface area (Å²) in [6, 6.07) is 9.06. The van der Waals surface area contributed by atoms with Crippen molar-refractivity contribution in [2.45, 2.75) is 25.5 Å². The molecule has 34 heavy (non-hydrogen) atoms. The number of aromatic nitrogens is 1. The molecule has 0 fully saturated rings. The zero-order chi connectivity index (χ0) is 24.2. The molecule has 7 nitrogen and oxygen atoms in total. The second kappa shape index (κ2) is 10.0. The Morgan fingerprint density at radius 2 is 1.94 bits per heavy atom. The molecule has 0 aliphatic heterocycles. The van der Waals surface area contributed by atoms with Gasteiger partial charge in [0, 0.05) is 16.8 Å². The Hall–Kier alpha value is -3.72. The number of carbonyl (C=O) groups is 2. The molecule has 2 aromatic carbocycles. The fraction of sp³-hybridized carbons (Fsp3) is 0.208. The Morgan fingerprint density at radius 1 is 1.15 bits per heavy atom. The fourth-order valence-electron chi connectivity index (χ4n) is 3.79. The average Bonchev–Trinajstić information content (AvgIpc) is 3.25. The smallest absolute Gasteiger partial charge is 0.408 e. The van der Waals surface area contributed by atoms with E-state index >= 15 is 0 Å². The third kappa shape index (κ3) is 5.09. The minimum Gasteiger partial charge on any atom is -0.495 e. The second-order valence-electron chi connectivity index (χ2n) is 7.57. The van der Waals surface area contributed by atoms with E-state index in [0.717, 1.165) is 6.07 Å². The summed E-state index contributed by atoms with van der Waals surface area (Å²) in [6.45, 7) is -0.0689. The molecule has 176 valence electrons. The standard InChI is InChI=1S/C24H20ClF2N3O4/c1-33-15-4-2-14(28-11-15)12-34-24(32)30-21-9-6-16-17(5-8-20(27)22(16)21)23(31)29-13-3-7-19(26)18(25)10-13/h2-5,7-8,10-11,21H,6,9,12H2,1H3,(H,29,31)(H,30,32)/t21-/m0/s1. The number of carbonyl (C=O) groups excluding carboxylic acids is 2. The molecule has 1 aromatic heterocycles. The number of alkyl carbamates (subject to hydrolysis) is 1. The van der Waals surface area contributed by atoms with Crippen molar-refractivity contribution in [3.05, 3.63) is 87.7 Å². The van der Waals surface area contributed by atoms with E-state index in [4.69, 9.17) is 21.1 Å². The summed E-state index contributed by atoms with van der Waals surface area (Å²) in [5, 5.41) is 5.16. The van der Waals surface area contributed by atoms with Crippen molar-refractivity contribution >= 4 is 29.3 Å². The number of nitrogens with one attached hydrogen (secondary N) is 2. The summed E-state index contributed by atoms with van der Waals surface area (Å²) in [5.74, 6) is -1.05. The van der Waals surface area contributed by atoms with Crippen LogP contribution in [0.2, 0.25) is 5.02 Å². The summed E-state index contributed by atoms with van der Waals surface area (Å²) in [5.41, 5.74) is 1.82. The van der Waals surface area contributed by atoms with Crippen LogP contribution in [0.1, 0.15) is 39.6 Å². The van der Waals surface area contributed by atoms with E-state index in [1.807, 2.05) is 0 Å². The lowest BCUT2D eigenvalue weighted by molar-refractivity contribution is 0.102. The van der Waals surface area contributed by atoms with Crippen LogP contribution in [0.5, 0.6) is 5.75 Å². The number of pyridine rings is 1. The molecule has 0 unspecified atom stereocenters. The summed E-state index contributed by atoms with van der Waals surface area (Å²) in [4.78, 5) is 29.2. The molecule has 10 heteroatoms. The van der Waals surface area contributed by atoms with Crippen molar-refractivity contribution in [3.63, 3.8) is 0 Å². The van der Waals surface area contributed by atoms with Gasteiger partial charge in [0.1, 0.15) is 24.0 Å². The maximum absolute atomic E-state index is 14.7. The first-order chi connectivity index (χ1) is 16.4. The summed E-state index contributed by atoms with van der Waals surface area (Å²) in [7, 11) is 1.52. The Kier molecular flexibility index (Phi) is 6.93. The quantitative estimate of drug-likeness (QED) is 0.499. The van der Waals surface area contributed by atoms with Crippen molar-refractivity contribution in [1.82, 2.24) is 10.3 Å². The highest BCUT2D eigenvalue weighted by Gasteiger charge is 2.31. The molecule has 1 aliphatic carbocycles. The van der Waals surface area contributed by atoms with Gasteiger partial charge in [-0.1, -0.05) is 11.6 Å². The Morgan fingerprint density at radius 3 is 2.65 bits per heavy atom. The van der Waals surface area contributed by atoms with Crippen molar-refractivity contribution in [1.29, 1.82) is 0 Å². The summed E-state index contributed by atoms with van der Waals surface area (Å²) in [6.07, 6.45) is 1.55. The van der Waals surface area contributed by atoms with Gasteiger partial charge in [-0.3, -0.25) is 9.78 Å². The summed E-state index contributed by atoms with van der Waals surface area (Å²) >= 11 is 5.77. The zero-order valence-corrected chi connectivity index (χ0v) is 18.8. The van der Waals surface area contributed by atoms with Crippen LogP contribution >= 0.6 is 11.6 Å². The molecule has 1 atom stereocenters. The highest BCUT2D eigenvalue weighted by atomic mass is 35.5. The molecule has 0 bridgehead atoms. The van der Waals surface area contributed by atoms with Crippen LogP contribution in [0.3, 0.4) is 0 Å². The van der Waals surface area contributed by atoms with E-state index < -0.39 is 29.7 Å². The Balaban J connectivity index is 1.44. The minimum absolute atomic E-state index is 0.0689. The van der Waals surface area contributed by atoms with E-state index in [1.54, 1.807) is 12.1 Å². The fourth-order valence-corrected chi connectivity index (χ4v) is 3.97. The van der Waals surface area contributed by atoms with E-state index in [9.17, 15) is 18.4 Å². The molecule has 1 heterocycles. The van der Waals surface area contributed by atoms with Crippen LogP contribution in [0.15, 0.2) is 48.7 Å². The third-order valence-electron chi connectivity index (χ3n) is 5.43. The molecule has 1 aliphatic rings. The summed E-state index contributed by atoms with van der Waals surface area (Å²) < 4.78 is 38.3. The maximum atomic E-state index is 14.7. The van der Waals surface area contributed by atoms with Gasteiger partial charge in [0.05, 0.1) is 30.1 Å². The van der Waals surface area contributed by atoms with Gasteiger partial charge in [0.2, 0.25) is 0 Å². The first-order valence-electron chi connectivity index (χ1n) is 10.4. The highest BCUT2D eigenvalue weighted by molar-refractivity contribution is 6.31. The molecule has 0 radical (unpaired) electrons. The Labute approximate surface area is 199 Å². The number of hydrogen-bond acceptors (Lipinski definition) is 5. The average molecular weight is 488 g/mol. The largest absolute Gasteiger partial charge is 0.495 e. The third-order valence-corrected chi connectivity index (χ3v) is 5.72. The van der Waals surface area contributed by atoms with Gasteiger partial charge in [0.25, 0.3) is 5.91 Å². The topological polar surface area (TPSA) is 89.5 Å². The monoisotopic (exact) mass is 487 g/mol. The second-order valence-corrected chi connectivity index (χ2v) is 7.98.